The van der Waals surface area contributed by atoms with E-state index in [2.05, 4.69) is 67.7 Å². The number of hydrogen-bond acceptors (Lipinski definition) is 1. The molecule has 0 aromatic heterocycles. The maximum Gasteiger partial charge on any atom is -0.00172 e. The van der Waals surface area contributed by atoms with Gasteiger partial charge < -0.3 is 5.32 Å². The van der Waals surface area contributed by atoms with Gasteiger partial charge in [-0.1, -0.05) is 61.0 Å². The van der Waals surface area contributed by atoms with Crippen molar-refractivity contribution >= 4 is 0 Å². The van der Waals surface area contributed by atoms with Crippen molar-refractivity contribution in [2.24, 2.45) is 5.92 Å². The van der Waals surface area contributed by atoms with E-state index in [1.807, 2.05) is 7.05 Å². The van der Waals surface area contributed by atoms with Crippen LogP contribution in [0.3, 0.4) is 0 Å². The molecule has 0 fully saturated rings. The maximum absolute atomic E-state index is 3.34. The fourth-order valence-corrected chi connectivity index (χ4v) is 2.81. The summed E-state index contributed by atoms with van der Waals surface area (Å²) >= 11 is 0. The average molecular weight is 281 g/mol. The van der Waals surface area contributed by atoms with E-state index in [0.717, 1.165) is 25.8 Å². The molecule has 0 saturated heterocycles. The quantitative estimate of drug-likeness (QED) is 0.803. The molecular formula is C20H27N. The largest absolute Gasteiger partial charge is 0.319 e. The molecule has 0 saturated carbocycles. The standard InChI is InChI=1S/C20H27N/c1-4-17-9-11-19(12-10-17)14-20(15-21-3)13-18-7-5-16(2)6-8-18/h5-12,20-21H,4,13-15H2,1-3H3. The fraction of sp³-hybridized carbons (Fsp3) is 0.400. The van der Waals surface area contributed by atoms with Gasteiger partial charge in [0, 0.05) is 0 Å². The first kappa shape index (κ1) is 15.8. The molecule has 1 nitrogen and oxygen atoms in total. The van der Waals surface area contributed by atoms with Gasteiger partial charge in [-0.15, -0.1) is 0 Å². The van der Waals surface area contributed by atoms with Crippen LogP contribution in [0.1, 0.15) is 29.2 Å². The molecule has 0 spiro atoms. The Hall–Kier alpha value is -1.60. The minimum Gasteiger partial charge on any atom is -0.319 e. The van der Waals surface area contributed by atoms with Gasteiger partial charge >= 0.3 is 0 Å². The van der Waals surface area contributed by atoms with E-state index in [0.29, 0.717) is 5.92 Å². The van der Waals surface area contributed by atoms with Gasteiger partial charge in [-0.2, -0.15) is 0 Å². The minimum absolute atomic E-state index is 0.644. The lowest BCUT2D eigenvalue weighted by atomic mass is 9.91. The Bertz CT molecular complexity index is 525. The van der Waals surface area contributed by atoms with E-state index in [1.54, 1.807) is 0 Å². The monoisotopic (exact) mass is 281 g/mol. The van der Waals surface area contributed by atoms with Gasteiger partial charge in [-0.3, -0.25) is 0 Å². The normalized spacial score (nSPS) is 12.3. The predicted octanol–water partition coefficient (Wildman–Crippen LogP) is 4.18. The van der Waals surface area contributed by atoms with Crippen molar-refractivity contribution in [2.45, 2.75) is 33.1 Å². The van der Waals surface area contributed by atoms with Crippen molar-refractivity contribution in [3.63, 3.8) is 0 Å². The SMILES string of the molecule is CCc1ccc(CC(CNC)Cc2ccc(C)cc2)cc1. The van der Waals surface area contributed by atoms with Crippen LogP contribution >= 0.6 is 0 Å². The molecule has 1 N–H and O–H groups in total. The third kappa shape index (κ3) is 5.02. The van der Waals surface area contributed by atoms with Gasteiger partial charge in [0.15, 0.2) is 0 Å². The number of aryl methyl sites for hydroxylation is 2. The molecule has 1 unspecified atom stereocenters. The molecule has 0 aliphatic heterocycles. The third-order valence-electron chi connectivity index (χ3n) is 4.09. The molecule has 0 aliphatic carbocycles. The Labute approximate surface area is 129 Å². The first-order chi connectivity index (χ1) is 10.2. The minimum atomic E-state index is 0.644. The second-order valence-electron chi connectivity index (χ2n) is 5.99. The molecule has 2 aromatic rings. The highest BCUT2D eigenvalue weighted by Crippen LogP contribution is 2.16. The predicted molar refractivity (Wildman–Crippen MR) is 91.8 cm³/mol. The third-order valence-corrected chi connectivity index (χ3v) is 4.09. The maximum atomic E-state index is 3.34. The van der Waals surface area contributed by atoms with E-state index in [9.17, 15) is 0 Å². The van der Waals surface area contributed by atoms with Crippen molar-refractivity contribution in [1.82, 2.24) is 5.32 Å². The summed E-state index contributed by atoms with van der Waals surface area (Å²) in [6.45, 7) is 5.41. The molecule has 1 heteroatoms. The van der Waals surface area contributed by atoms with Gasteiger partial charge in [-0.25, -0.2) is 0 Å². The van der Waals surface area contributed by atoms with Gasteiger partial charge in [0.2, 0.25) is 0 Å². The van der Waals surface area contributed by atoms with Crippen LogP contribution in [0, 0.1) is 12.8 Å². The first-order valence-corrected chi connectivity index (χ1v) is 7.99. The zero-order chi connectivity index (χ0) is 15.1. The van der Waals surface area contributed by atoms with E-state index in [4.69, 9.17) is 0 Å². The molecule has 0 amide bonds. The Kier molecular flexibility index (Phi) is 6.01. The zero-order valence-electron chi connectivity index (χ0n) is 13.5. The van der Waals surface area contributed by atoms with Gasteiger partial charge in [0.05, 0.1) is 0 Å². The smallest absolute Gasteiger partial charge is 0.00172 e. The molecule has 2 aromatic carbocycles. The number of rotatable bonds is 7. The molecule has 0 heterocycles. The summed E-state index contributed by atoms with van der Waals surface area (Å²) in [4.78, 5) is 0. The van der Waals surface area contributed by atoms with Gasteiger partial charge in [0.25, 0.3) is 0 Å². The van der Waals surface area contributed by atoms with Crippen molar-refractivity contribution < 1.29 is 0 Å². The van der Waals surface area contributed by atoms with E-state index < -0.39 is 0 Å². The summed E-state index contributed by atoms with van der Waals surface area (Å²) in [5.74, 6) is 0.644. The van der Waals surface area contributed by atoms with Crippen molar-refractivity contribution in [2.75, 3.05) is 13.6 Å². The van der Waals surface area contributed by atoms with Crippen LogP contribution < -0.4 is 5.32 Å². The summed E-state index contributed by atoms with van der Waals surface area (Å²) in [6, 6.07) is 18.0. The van der Waals surface area contributed by atoms with Crippen LogP contribution in [0.5, 0.6) is 0 Å². The summed E-state index contributed by atoms with van der Waals surface area (Å²) in [7, 11) is 2.04. The number of hydrogen-bond donors (Lipinski definition) is 1. The Morgan fingerprint density at radius 1 is 0.810 bits per heavy atom. The van der Waals surface area contributed by atoms with E-state index >= 15 is 0 Å². The summed E-state index contributed by atoms with van der Waals surface area (Å²) in [5.41, 5.74) is 5.63. The van der Waals surface area contributed by atoms with Gasteiger partial charge in [0.1, 0.15) is 0 Å². The van der Waals surface area contributed by atoms with E-state index in [1.165, 1.54) is 22.3 Å². The summed E-state index contributed by atoms with van der Waals surface area (Å²) < 4.78 is 0. The number of benzene rings is 2. The molecular weight excluding hydrogens is 254 g/mol. The molecule has 0 aliphatic rings. The Morgan fingerprint density at radius 3 is 1.76 bits per heavy atom. The molecule has 0 bridgehead atoms. The highest BCUT2D eigenvalue weighted by molar-refractivity contribution is 5.24. The Balaban J connectivity index is 2.02. The van der Waals surface area contributed by atoms with Crippen LogP contribution in [-0.4, -0.2) is 13.6 Å². The zero-order valence-corrected chi connectivity index (χ0v) is 13.5. The molecule has 21 heavy (non-hydrogen) atoms. The Morgan fingerprint density at radius 2 is 1.29 bits per heavy atom. The van der Waals surface area contributed by atoms with Crippen molar-refractivity contribution in [3.05, 3.63) is 70.8 Å². The number of nitrogens with one attached hydrogen (secondary N) is 1. The van der Waals surface area contributed by atoms with Crippen molar-refractivity contribution in [3.8, 4) is 0 Å². The van der Waals surface area contributed by atoms with Crippen LogP contribution in [-0.2, 0) is 19.3 Å². The highest BCUT2D eigenvalue weighted by Gasteiger charge is 2.10. The van der Waals surface area contributed by atoms with Crippen LogP contribution in [0.4, 0.5) is 0 Å². The van der Waals surface area contributed by atoms with E-state index in [-0.39, 0.29) is 0 Å². The van der Waals surface area contributed by atoms with Crippen LogP contribution in [0.15, 0.2) is 48.5 Å². The molecule has 0 radical (unpaired) electrons. The second kappa shape index (κ2) is 7.99. The van der Waals surface area contributed by atoms with Crippen LogP contribution in [0.25, 0.3) is 0 Å². The van der Waals surface area contributed by atoms with Gasteiger partial charge in [-0.05, 0) is 62.4 Å². The first-order valence-electron chi connectivity index (χ1n) is 7.99. The summed E-state index contributed by atoms with van der Waals surface area (Å²) in [5, 5.41) is 3.34. The highest BCUT2D eigenvalue weighted by atomic mass is 14.8. The molecule has 2 rings (SSSR count). The topological polar surface area (TPSA) is 12.0 Å². The van der Waals surface area contributed by atoms with Crippen LogP contribution in [0.2, 0.25) is 0 Å². The summed E-state index contributed by atoms with van der Waals surface area (Å²) in [6.07, 6.45) is 3.39. The molecule has 1 atom stereocenters. The second-order valence-corrected chi connectivity index (χ2v) is 5.99. The van der Waals surface area contributed by atoms with Crippen molar-refractivity contribution in [1.29, 1.82) is 0 Å². The lowest BCUT2D eigenvalue weighted by molar-refractivity contribution is 0.493. The lowest BCUT2D eigenvalue weighted by Crippen LogP contribution is -2.22. The lowest BCUT2D eigenvalue weighted by Gasteiger charge is -2.17. The molecule has 112 valence electrons. The average Bonchev–Trinajstić information content (AvgIpc) is 2.50. The fourth-order valence-electron chi connectivity index (χ4n) is 2.81.